The second-order valence-corrected chi connectivity index (χ2v) is 6.53. The van der Waals surface area contributed by atoms with E-state index in [4.69, 9.17) is 5.73 Å². The maximum Gasteiger partial charge on any atom is 0.408 e. The molecule has 1 amide bonds. The van der Waals surface area contributed by atoms with E-state index in [0.717, 1.165) is 29.5 Å². The van der Waals surface area contributed by atoms with Crippen LogP contribution in [0.5, 0.6) is 0 Å². The van der Waals surface area contributed by atoms with Crippen LogP contribution in [0.1, 0.15) is 55.8 Å². The van der Waals surface area contributed by atoms with Crippen LogP contribution in [-0.2, 0) is 6.54 Å². The molecule has 25 heavy (non-hydrogen) atoms. The number of anilines is 1. The minimum absolute atomic E-state index is 0.0299. The van der Waals surface area contributed by atoms with Gasteiger partial charge in [0.25, 0.3) is 0 Å². The highest BCUT2D eigenvalue weighted by Gasteiger charge is 2.37. The van der Waals surface area contributed by atoms with E-state index in [-0.39, 0.29) is 5.82 Å². The molecule has 3 N–H and O–H groups in total. The number of rotatable bonds is 3. The van der Waals surface area contributed by atoms with Crippen LogP contribution in [0.2, 0.25) is 0 Å². The largest absolute Gasteiger partial charge is 0.465 e. The molecule has 1 fully saturated rings. The third-order valence-corrected chi connectivity index (χ3v) is 4.77. The lowest BCUT2D eigenvalue weighted by Gasteiger charge is -2.22. The third-order valence-electron chi connectivity index (χ3n) is 4.77. The number of alkyl halides is 3. The predicted molar refractivity (Wildman–Crippen MR) is 85.8 cm³/mol. The van der Waals surface area contributed by atoms with Crippen molar-refractivity contribution in [3.63, 3.8) is 0 Å². The van der Waals surface area contributed by atoms with E-state index in [1.807, 2.05) is 6.08 Å². The zero-order valence-corrected chi connectivity index (χ0v) is 13.7. The first-order valence-electron chi connectivity index (χ1n) is 8.40. The maximum atomic E-state index is 12.9. The molecule has 0 bridgehead atoms. The highest BCUT2D eigenvalue weighted by Crippen LogP contribution is 2.41. The summed E-state index contributed by atoms with van der Waals surface area (Å²) >= 11 is 0. The molecule has 2 heterocycles. The average molecular weight is 358 g/mol. The fourth-order valence-corrected chi connectivity index (χ4v) is 3.69. The Labute approximate surface area is 143 Å². The van der Waals surface area contributed by atoms with E-state index in [0.29, 0.717) is 37.1 Å². The summed E-state index contributed by atoms with van der Waals surface area (Å²) in [7, 11) is 0. The quantitative estimate of drug-likeness (QED) is 0.861. The van der Waals surface area contributed by atoms with Crippen molar-refractivity contribution in [2.75, 3.05) is 12.3 Å². The lowest BCUT2D eigenvalue weighted by Crippen LogP contribution is -2.29. The van der Waals surface area contributed by atoms with E-state index in [1.165, 1.54) is 4.90 Å². The van der Waals surface area contributed by atoms with Gasteiger partial charge in [-0.3, -0.25) is 4.90 Å². The van der Waals surface area contributed by atoms with Gasteiger partial charge in [-0.05, 0) is 44.1 Å². The molecule has 9 heteroatoms. The Hall–Kier alpha value is -2.19. The van der Waals surface area contributed by atoms with Crippen LogP contribution in [0.3, 0.4) is 0 Å². The van der Waals surface area contributed by atoms with Gasteiger partial charge in [-0.25, -0.2) is 9.48 Å². The van der Waals surface area contributed by atoms with Gasteiger partial charge in [-0.2, -0.15) is 18.3 Å². The zero-order valence-electron chi connectivity index (χ0n) is 13.7. The number of hydrogen-bond donors (Lipinski definition) is 2. The van der Waals surface area contributed by atoms with Crippen LogP contribution >= 0.6 is 0 Å². The number of aromatic nitrogens is 2. The number of amides is 1. The number of likely N-dealkylation sites (tertiary alicyclic amines) is 1. The Morgan fingerprint density at radius 3 is 2.72 bits per heavy atom. The first-order valence-corrected chi connectivity index (χ1v) is 8.40. The van der Waals surface area contributed by atoms with Crippen LogP contribution in [0, 0.1) is 0 Å². The Morgan fingerprint density at radius 1 is 1.36 bits per heavy atom. The summed E-state index contributed by atoms with van der Waals surface area (Å²) in [5, 5.41) is 13.5. The molecule has 0 unspecified atom stereocenters. The molecular formula is C16H21F3N4O2. The summed E-state index contributed by atoms with van der Waals surface area (Å²) in [6.45, 7) is -0.927. The number of nitrogens with two attached hydrogens (primary N) is 1. The maximum absolute atomic E-state index is 12.9. The molecule has 138 valence electrons. The molecule has 1 aliphatic heterocycles. The fraction of sp³-hybridized carbons (Fsp3) is 0.625. The van der Waals surface area contributed by atoms with Gasteiger partial charge in [0.15, 0.2) is 0 Å². The molecule has 1 atom stereocenters. The van der Waals surface area contributed by atoms with Gasteiger partial charge in [0, 0.05) is 12.1 Å². The zero-order chi connectivity index (χ0) is 18.2. The van der Waals surface area contributed by atoms with E-state index in [9.17, 15) is 23.1 Å². The van der Waals surface area contributed by atoms with Crippen LogP contribution in [0.15, 0.2) is 6.08 Å². The van der Waals surface area contributed by atoms with Gasteiger partial charge in [-0.15, -0.1) is 0 Å². The van der Waals surface area contributed by atoms with Gasteiger partial charge < -0.3 is 10.8 Å². The number of nitrogen functional groups attached to an aromatic ring is 1. The van der Waals surface area contributed by atoms with Crippen LogP contribution in [-0.4, -0.2) is 38.6 Å². The van der Waals surface area contributed by atoms with Crippen molar-refractivity contribution in [2.24, 2.45) is 0 Å². The first-order chi connectivity index (χ1) is 11.8. The minimum atomic E-state index is -4.45. The van der Waals surface area contributed by atoms with Crippen molar-refractivity contribution in [3.05, 3.63) is 17.3 Å². The molecule has 1 aromatic rings. The summed E-state index contributed by atoms with van der Waals surface area (Å²) in [6, 6.07) is -0.549. The Balaban J connectivity index is 2.07. The third kappa shape index (κ3) is 3.59. The molecule has 0 spiro atoms. The molecule has 0 saturated carbocycles. The molecule has 6 nitrogen and oxygen atoms in total. The Bertz CT molecular complexity index is 696. The average Bonchev–Trinajstić information content (AvgIpc) is 3.12. The Morgan fingerprint density at radius 2 is 2.12 bits per heavy atom. The van der Waals surface area contributed by atoms with Crippen molar-refractivity contribution < 1.29 is 23.1 Å². The van der Waals surface area contributed by atoms with Gasteiger partial charge >= 0.3 is 12.3 Å². The summed E-state index contributed by atoms with van der Waals surface area (Å²) in [5.74, 6) is -0.0299. The predicted octanol–water partition coefficient (Wildman–Crippen LogP) is 3.80. The van der Waals surface area contributed by atoms with Crippen molar-refractivity contribution in [3.8, 4) is 0 Å². The molecule has 2 aliphatic rings. The van der Waals surface area contributed by atoms with Gasteiger partial charge in [0.1, 0.15) is 12.4 Å². The van der Waals surface area contributed by atoms with Gasteiger partial charge in [-0.1, -0.05) is 6.08 Å². The van der Waals surface area contributed by atoms with Crippen LogP contribution in [0.25, 0.3) is 5.57 Å². The highest BCUT2D eigenvalue weighted by atomic mass is 19.4. The molecule has 1 saturated heterocycles. The topological polar surface area (TPSA) is 84.4 Å². The van der Waals surface area contributed by atoms with Crippen molar-refractivity contribution in [1.82, 2.24) is 14.7 Å². The molecule has 0 radical (unpaired) electrons. The molecule has 3 rings (SSSR count). The number of halogens is 3. The fourth-order valence-electron chi connectivity index (χ4n) is 3.69. The van der Waals surface area contributed by atoms with E-state index in [2.05, 4.69) is 5.10 Å². The second kappa shape index (κ2) is 6.61. The van der Waals surface area contributed by atoms with Crippen molar-refractivity contribution in [1.29, 1.82) is 0 Å². The smallest absolute Gasteiger partial charge is 0.408 e. The van der Waals surface area contributed by atoms with Crippen molar-refractivity contribution >= 4 is 17.5 Å². The normalized spacial score (nSPS) is 21.5. The van der Waals surface area contributed by atoms with Gasteiger partial charge in [0.05, 0.1) is 11.7 Å². The van der Waals surface area contributed by atoms with E-state index < -0.39 is 24.9 Å². The number of carboxylic acid groups (broad SMARTS) is 1. The van der Waals surface area contributed by atoms with Crippen molar-refractivity contribution in [2.45, 2.75) is 57.3 Å². The summed E-state index contributed by atoms with van der Waals surface area (Å²) in [5.41, 5.74) is 7.76. The minimum Gasteiger partial charge on any atom is -0.465 e. The SMILES string of the molecule is Nc1c(C2=CCCCC2)c([C@H]2CCCN2C(=O)O)nn1CC(F)(F)F. The molecule has 1 aromatic heterocycles. The Kier molecular flexibility index (Phi) is 4.66. The first kappa shape index (κ1) is 17.6. The number of hydrogen-bond acceptors (Lipinski definition) is 3. The van der Waals surface area contributed by atoms with Crippen LogP contribution in [0.4, 0.5) is 23.8 Å². The highest BCUT2D eigenvalue weighted by molar-refractivity contribution is 5.77. The number of nitrogens with zero attached hydrogens (tertiary/aromatic N) is 3. The van der Waals surface area contributed by atoms with E-state index >= 15 is 0 Å². The second-order valence-electron chi connectivity index (χ2n) is 6.53. The lowest BCUT2D eigenvalue weighted by molar-refractivity contribution is -0.142. The molecule has 0 aromatic carbocycles. The molecule has 1 aliphatic carbocycles. The van der Waals surface area contributed by atoms with E-state index in [1.54, 1.807) is 0 Å². The monoisotopic (exact) mass is 358 g/mol. The lowest BCUT2D eigenvalue weighted by atomic mass is 9.91. The van der Waals surface area contributed by atoms with Gasteiger partial charge in [0.2, 0.25) is 0 Å². The summed E-state index contributed by atoms with van der Waals surface area (Å²) in [6.07, 6.45) is 1.16. The number of allylic oxidation sites excluding steroid dienone is 2. The van der Waals surface area contributed by atoms with Crippen LogP contribution < -0.4 is 5.73 Å². The molecular weight excluding hydrogens is 337 g/mol. The standard InChI is InChI=1S/C16H21F3N4O2/c17-16(18,19)9-23-14(20)12(10-5-2-1-3-6-10)13(21-23)11-7-4-8-22(11)15(24)25/h5,11H,1-4,6-9,20H2,(H,24,25)/t11-/m1/s1. The summed E-state index contributed by atoms with van der Waals surface area (Å²) in [4.78, 5) is 12.7. The number of carbonyl (C=O) groups is 1. The summed E-state index contributed by atoms with van der Waals surface area (Å²) < 4.78 is 39.3.